The number of para-hydroxylation sites is 1. The van der Waals surface area contributed by atoms with Crippen molar-refractivity contribution in [2.45, 2.75) is 25.9 Å². The highest BCUT2D eigenvalue weighted by molar-refractivity contribution is 6.30. The minimum Gasteiger partial charge on any atom is -0.388 e. The van der Waals surface area contributed by atoms with Gasteiger partial charge in [-0.1, -0.05) is 29.8 Å². The third-order valence-electron chi connectivity index (χ3n) is 3.91. The van der Waals surface area contributed by atoms with Gasteiger partial charge in [0, 0.05) is 36.8 Å². The summed E-state index contributed by atoms with van der Waals surface area (Å²) >= 11 is 6.24. The van der Waals surface area contributed by atoms with Crippen LogP contribution in [0.4, 0.5) is 5.69 Å². The largest absolute Gasteiger partial charge is 0.388 e. The number of hydrogen-bond donors (Lipinski definition) is 2. The summed E-state index contributed by atoms with van der Waals surface area (Å²) in [6, 6.07) is 6.08. The Morgan fingerprint density at radius 3 is 3.00 bits per heavy atom. The number of benzene rings is 1. The van der Waals surface area contributed by atoms with Gasteiger partial charge in [0.15, 0.2) is 0 Å². The molecule has 1 aromatic carbocycles. The summed E-state index contributed by atoms with van der Waals surface area (Å²) in [5.74, 6) is 0. The molecule has 0 saturated carbocycles. The van der Waals surface area contributed by atoms with Gasteiger partial charge in [-0.2, -0.15) is 5.10 Å². The average Bonchev–Trinajstić information content (AvgIpc) is 2.99. The SMILES string of the molecule is Cc1nn(C)c(Cl)c1CC(O)c1cccc2c1NCC2. The molecule has 0 radical (unpaired) electrons. The Kier molecular flexibility index (Phi) is 3.44. The van der Waals surface area contributed by atoms with E-state index in [9.17, 15) is 5.11 Å². The molecule has 0 spiro atoms. The van der Waals surface area contributed by atoms with E-state index in [0.29, 0.717) is 11.6 Å². The molecule has 2 N–H and O–H groups in total. The zero-order valence-electron chi connectivity index (χ0n) is 11.7. The fourth-order valence-corrected chi connectivity index (χ4v) is 3.10. The Hall–Kier alpha value is -1.52. The normalized spacial score (nSPS) is 15.0. The predicted molar refractivity (Wildman–Crippen MR) is 80.3 cm³/mol. The fourth-order valence-electron chi connectivity index (χ4n) is 2.85. The number of anilines is 1. The molecule has 3 rings (SSSR count). The lowest BCUT2D eigenvalue weighted by Crippen LogP contribution is -2.06. The van der Waals surface area contributed by atoms with Gasteiger partial charge in [-0.05, 0) is 18.9 Å². The quantitative estimate of drug-likeness (QED) is 0.914. The van der Waals surface area contributed by atoms with Crippen LogP contribution in [-0.4, -0.2) is 21.4 Å². The van der Waals surface area contributed by atoms with Gasteiger partial charge in [-0.15, -0.1) is 0 Å². The molecule has 20 heavy (non-hydrogen) atoms. The first-order valence-corrected chi connectivity index (χ1v) is 7.17. The summed E-state index contributed by atoms with van der Waals surface area (Å²) in [7, 11) is 1.81. The third kappa shape index (κ3) is 2.19. The van der Waals surface area contributed by atoms with Gasteiger partial charge in [0.05, 0.1) is 11.8 Å². The van der Waals surface area contributed by atoms with Gasteiger partial charge in [0.25, 0.3) is 0 Å². The first-order valence-electron chi connectivity index (χ1n) is 6.79. The number of aromatic nitrogens is 2. The maximum atomic E-state index is 10.6. The first kappa shape index (κ1) is 13.5. The van der Waals surface area contributed by atoms with E-state index in [1.807, 2.05) is 26.1 Å². The number of nitrogens with one attached hydrogen (secondary N) is 1. The van der Waals surface area contributed by atoms with Crippen molar-refractivity contribution in [1.29, 1.82) is 0 Å². The molecule has 1 aliphatic rings. The van der Waals surface area contributed by atoms with Crippen LogP contribution in [0.1, 0.15) is 28.5 Å². The molecule has 2 aromatic rings. The number of rotatable bonds is 3. The van der Waals surface area contributed by atoms with E-state index in [1.165, 1.54) is 5.56 Å². The number of hydrogen-bond acceptors (Lipinski definition) is 3. The van der Waals surface area contributed by atoms with E-state index in [1.54, 1.807) is 4.68 Å². The topological polar surface area (TPSA) is 50.1 Å². The van der Waals surface area contributed by atoms with Crippen LogP contribution in [0.15, 0.2) is 18.2 Å². The Bertz CT molecular complexity index is 651. The number of nitrogens with zero attached hydrogens (tertiary/aromatic N) is 2. The molecule has 1 aromatic heterocycles. The fraction of sp³-hybridized carbons (Fsp3) is 0.400. The van der Waals surface area contributed by atoms with Crippen LogP contribution in [0.2, 0.25) is 5.15 Å². The van der Waals surface area contributed by atoms with Crippen LogP contribution in [0, 0.1) is 6.92 Å². The molecule has 1 unspecified atom stereocenters. The van der Waals surface area contributed by atoms with E-state index in [-0.39, 0.29) is 0 Å². The molecular formula is C15H18ClN3O. The number of halogens is 1. The van der Waals surface area contributed by atoms with E-state index in [0.717, 1.165) is 35.5 Å². The molecule has 0 amide bonds. The number of aliphatic hydroxyl groups is 1. The van der Waals surface area contributed by atoms with Crippen molar-refractivity contribution in [3.63, 3.8) is 0 Å². The molecule has 0 aliphatic carbocycles. The van der Waals surface area contributed by atoms with Gasteiger partial charge in [0.2, 0.25) is 0 Å². The standard InChI is InChI=1S/C15H18ClN3O/c1-9-12(15(16)19(2)18-9)8-13(20)11-5-3-4-10-6-7-17-14(10)11/h3-5,13,17,20H,6-8H2,1-2H3. The molecule has 1 aliphatic heterocycles. The highest BCUT2D eigenvalue weighted by Crippen LogP contribution is 2.33. The summed E-state index contributed by atoms with van der Waals surface area (Å²) in [5, 5.41) is 18.8. The minimum atomic E-state index is -0.573. The predicted octanol–water partition coefficient (Wildman–Crippen LogP) is 2.63. The van der Waals surface area contributed by atoms with Crippen molar-refractivity contribution < 1.29 is 5.11 Å². The van der Waals surface area contributed by atoms with Crippen LogP contribution >= 0.6 is 11.6 Å². The molecule has 106 valence electrons. The molecule has 5 heteroatoms. The second-order valence-electron chi connectivity index (χ2n) is 5.26. The summed E-state index contributed by atoms with van der Waals surface area (Å²) in [6.07, 6.45) is 0.926. The van der Waals surface area contributed by atoms with Gasteiger partial charge < -0.3 is 10.4 Å². The van der Waals surface area contributed by atoms with Gasteiger partial charge in [-0.3, -0.25) is 4.68 Å². The van der Waals surface area contributed by atoms with Gasteiger partial charge in [0.1, 0.15) is 5.15 Å². The van der Waals surface area contributed by atoms with Gasteiger partial charge in [-0.25, -0.2) is 0 Å². The summed E-state index contributed by atoms with van der Waals surface area (Å²) < 4.78 is 1.65. The van der Waals surface area contributed by atoms with Crippen LogP contribution in [0.5, 0.6) is 0 Å². The Morgan fingerprint density at radius 1 is 1.50 bits per heavy atom. The zero-order chi connectivity index (χ0) is 14.3. The molecule has 1 atom stereocenters. The van der Waals surface area contributed by atoms with Crippen molar-refractivity contribution in [2.75, 3.05) is 11.9 Å². The maximum Gasteiger partial charge on any atom is 0.130 e. The highest BCUT2D eigenvalue weighted by atomic mass is 35.5. The van der Waals surface area contributed by atoms with Crippen LogP contribution < -0.4 is 5.32 Å². The van der Waals surface area contributed by atoms with E-state index < -0.39 is 6.10 Å². The number of aliphatic hydroxyl groups excluding tert-OH is 1. The Balaban J connectivity index is 1.90. The van der Waals surface area contributed by atoms with E-state index in [4.69, 9.17) is 11.6 Å². The van der Waals surface area contributed by atoms with Crippen molar-refractivity contribution in [3.8, 4) is 0 Å². The van der Waals surface area contributed by atoms with Crippen LogP contribution in [0.25, 0.3) is 0 Å². The summed E-state index contributed by atoms with van der Waals surface area (Å²) in [6.45, 7) is 2.85. The molecule has 4 nitrogen and oxygen atoms in total. The molecule has 0 saturated heterocycles. The van der Waals surface area contributed by atoms with E-state index in [2.05, 4.69) is 16.5 Å². The molecular weight excluding hydrogens is 274 g/mol. The number of aryl methyl sites for hydroxylation is 2. The lowest BCUT2D eigenvalue weighted by atomic mass is 9.98. The molecule has 0 fully saturated rings. The summed E-state index contributed by atoms with van der Waals surface area (Å²) in [5.41, 5.74) is 5.09. The van der Waals surface area contributed by atoms with Crippen molar-refractivity contribution in [3.05, 3.63) is 45.7 Å². The van der Waals surface area contributed by atoms with Crippen molar-refractivity contribution >= 4 is 17.3 Å². The second kappa shape index (κ2) is 5.11. The van der Waals surface area contributed by atoms with Crippen LogP contribution in [-0.2, 0) is 19.9 Å². The zero-order valence-corrected chi connectivity index (χ0v) is 12.4. The van der Waals surface area contributed by atoms with Crippen molar-refractivity contribution in [1.82, 2.24) is 9.78 Å². The highest BCUT2D eigenvalue weighted by Gasteiger charge is 2.22. The Morgan fingerprint density at radius 2 is 2.30 bits per heavy atom. The first-order chi connectivity index (χ1) is 9.58. The lowest BCUT2D eigenvalue weighted by molar-refractivity contribution is 0.179. The second-order valence-corrected chi connectivity index (χ2v) is 5.61. The monoisotopic (exact) mass is 291 g/mol. The van der Waals surface area contributed by atoms with E-state index >= 15 is 0 Å². The summed E-state index contributed by atoms with van der Waals surface area (Å²) in [4.78, 5) is 0. The lowest BCUT2D eigenvalue weighted by Gasteiger charge is -2.15. The average molecular weight is 292 g/mol. The number of fused-ring (bicyclic) bond motifs is 1. The molecule has 0 bridgehead atoms. The smallest absolute Gasteiger partial charge is 0.130 e. The van der Waals surface area contributed by atoms with Crippen molar-refractivity contribution in [2.24, 2.45) is 7.05 Å². The van der Waals surface area contributed by atoms with Crippen LogP contribution in [0.3, 0.4) is 0 Å². The minimum absolute atomic E-state index is 0.483. The third-order valence-corrected chi connectivity index (χ3v) is 4.38. The molecule has 2 heterocycles. The maximum absolute atomic E-state index is 10.6. The Labute approximate surface area is 123 Å². The van der Waals surface area contributed by atoms with Gasteiger partial charge >= 0.3 is 0 Å².